The van der Waals surface area contributed by atoms with Crippen molar-refractivity contribution in [3.63, 3.8) is 0 Å². The molecule has 0 spiro atoms. The van der Waals surface area contributed by atoms with Gasteiger partial charge in [0.2, 0.25) is 0 Å². The minimum absolute atomic E-state index is 0.0755. The minimum atomic E-state index is -0.693. The lowest BCUT2D eigenvalue weighted by molar-refractivity contribution is -0.130. The molecule has 0 atom stereocenters. The van der Waals surface area contributed by atoms with E-state index in [0.717, 1.165) is 24.3 Å². The predicted octanol–water partition coefficient (Wildman–Crippen LogP) is 5.22. The van der Waals surface area contributed by atoms with Crippen molar-refractivity contribution in [2.24, 2.45) is 0 Å². The lowest BCUT2D eigenvalue weighted by Crippen LogP contribution is -2.10. The van der Waals surface area contributed by atoms with E-state index in [9.17, 15) is 18.8 Å². The lowest BCUT2D eigenvalue weighted by Gasteiger charge is -2.12. The molecule has 0 N–H and O–H groups in total. The number of halogens is 1. The van der Waals surface area contributed by atoms with E-state index in [0.29, 0.717) is 16.9 Å². The summed E-state index contributed by atoms with van der Waals surface area (Å²) < 4.78 is 40.9. The van der Waals surface area contributed by atoms with Gasteiger partial charge in [0.25, 0.3) is 0 Å². The van der Waals surface area contributed by atoms with Crippen LogP contribution in [0.4, 0.5) is 4.39 Å². The second kappa shape index (κ2) is 13.2. The van der Waals surface area contributed by atoms with Crippen LogP contribution in [0.1, 0.15) is 0 Å². The molecule has 0 heterocycles. The number of rotatable bonds is 12. The summed E-state index contributed by atoms with van der Waals surface area (Å²) in [5.74, 6) is -1.57. The molecule has 0 saturated heterocycles. The smallest absolute Gasteiger partial charge is 0.335 e. The van der Waals surface area contributed by atoms with Crippen LogP contribution in [-0.4, -0.2) is 31.1 Å². The minimum Gasteiger partial charge on any atom is -0.490 e. The molecular weight excluding hydrogens is 495 g/mol. The Morgan fingerprint density at radius 3 is 1.55 bits per heavy atom. The van der Waals surface area contributed by atoms with Crippen molar-refractivity contribution in [2.45, 2.75) is 0 Å². The standard InChI is InChI=1S/C29H23FO8/c1-4-27(31)36-21-11-12-25(26(30)18-21)19-7-9-20(10-8-19)34-13-14-35-22-15-23(37-28(32)5-2)17-24(16-22)38-29(33)6-3/h4-12,15-18H,1-3,13-14H2. The fraction of sp³-hybridized carbons (Fsp3) is 0.0690. The van der Waals surface area contributed by atoms with Crippen LogP contribution in [0, 0.1) is 5.82 Å². The molecule has 0 unspecified atom stereocenters. The molecule has 0 aromatic heterocycles. The number of carbonyl (C=O) groups is 3. The van der Waals surface area contributed by atoms with E-state index in [1.165, 1.54) is 30.3 Å². The Kier molecular flexibility index (Phi) is 9.53. The van der Waals surface area contributed by atoms with Crippen molar-refractivity contribution < 1.29 is 42.5 Å². The first-order chi connectivity index (χ1) is 18.3. The zero-order valence-corrected chi connectivity index (χ0v) is 20.2. The molecule has 0 amide bonds. The van der Waals surface area contributed by atoms with Gasteiger partial charge in [-0.1, -0.05) is 31.9 Å². The summed E-state index contributed by atoms with van der Waals surface area (Å²) >= 11 is 0. The number of ether oxygens (including phenoxy) is 5. The van der Waals surface area contributed by atoms with Gasteiger partial charge >= 0.3 is 17.9 Å². The number of benzene rings is 3. The Balaban J connectivity index is 1.59. The third kappa shape index (κ3) is 7.92. The normalized spacial score (nSPS) is 10.0. The summed E-state index contributed by atoms with van der Waals surface area (Å²) in [5.41, 5.74) is 0.920. The molecule has 9 heteroatoms. The first kappa shape index (κ1) is 27.4. The van der Waals surface area contributed by atoms with Crippen molar-refractivity contribution in [2.75, 3.05) is 13.2 Å². The van der Waals surface area contributed by atoms with Gasteiger partial charge < -0.3 is 23.7 Å². The second-order valence-electron chi connectivity index (χ2n) is 7.38. The van der Waals surface area contributed by atoms with Crippen molar-refractivity contribution in [3.05, 3.63) is 104 Å². The maximum atomic E-state index is 14.5. The van der Waals surface area contributed by atoms with Crippen LogP contribution >= 0.6 is 0 Å². The van der Waals surface area contributed by atoms with Gasteiger partial charge in [0.1, 0.15) is 47.8 Å². The van der Waals surface area contributed by atoms with Crippen molar-refractivity contribution in [1.29, 1.82) is 0 Å². The molecule has 8 nitrogen and oxygen atoms in total. The van der Waals surface area contributed by atoms with Gasteiger partial charge in [-0.25, -0.2) is 18.8 Å². The zero-order chi connectivity index (χ0) is 27.5. The number of hydrogen-bond acceptors (Lipinski definition) is 8. The van der Waals surface area contributed by atoms with E-state index < -0.39 is 23.7 Å². The number of esters is 3. The summed E-state index contributed by atoms with van der Waals surface area (Å²) in [7, 11) is 0. The first-order valence-electron chi connectivity index (χ1n) is 11.1. The highest BCUT2D eigenvalue weighted by atomic mass is 19.1. The van der Waals surface area contributed by atoms with Crippen LogP contribution in [0.25, 0.3) is 11.1 Å². The van der Waals surface area contributed by atoms with Crippen molar-refractivity contribution >= 4 is 17.9 Å². The van der Waals surface area contributed by atoms with E-state index in [4.69, 9.17) is 23.7 Å². The molecule has 0 saturated carbocycles. The second-order valence-corrected chi connectivity index (χ2v) is 7.38. The molecule has 3 rings (SSSR count). The monoisotopic (exact) mass is 518 g/mol. The first-order valence-corrected chi connectivity index (χ1v) is 11.1. The average molecular weight is 518 g/mol. The van der Waals surface area contributed by atoms with Crippen molar-refractivity contribution in [1.82, 2.24) is 0 Å². The van der Waals surface area contributed by atoms with Gasteiger partial charge in [-0.15, -0.1) is 0 Å². The highest BCUT2D eigenvalue weighted by Crippen LogP contribution is 2.29. The van der Waals surface area contributed by atoms with E-state index in [2.05, 4.69) is 19.7 Å². The molecule has 38 heavy (non-hydrogen) atoms. The van der Waals surface area contributed by atoms with Gasteiger partial charge in [0.05, 0.1) is 0 Å². The molecule has 0 radical (unpaired) electrons. The molecule has 0 aliphatic carbocycles. The fourth-order valence-electron chi connectivity index (χ4n) is 3.06. The maximum absolute atomic E-state index is 14.5. The third-order valence-corrected chi connectivity index (χ3v) is 4.74. The predicted molar refractivity (Wildman–Crippen MR) is 137 cm³/mol. The molecule has 3 aromatic rings. The summed E-state index contributed by atoms with van der Waals surface area (Å²) in [4.78, 5) is 34.3. The average Bonchev–Trinajstić information content (AvgIpc) is 2.91. The Labute approximate surface area is 218 Å². The van der Waals surface area contributed by atoms with Gasteiger partial charge in [-0.3, -0.25) is 0 Å². The quantitative estimate of drug-likeness (QED) is 0.139. The molecule has 0 aliphatic heterocycles. The van der Waals surface area contributed by atoms with E-state index in [1.54, 1.807) is 24.3 Å². The number of hydrogen-bond donors (Lipinski definition) is 0. The molecule has 3 aromatic carbocycles. The van der Waals surface area contributed by atoms with Gasteiger partial charge in [0.15, 0.2) is 0 Å². The summed E-state index contributed by atoms with van der Waals surface area (Å²) in [6.07, 6.45) is 2.98. The van der Waals surface area contributed by atoms with Crippen LogP contribution in [0.5, 0.6) is 28.7 Å². The fourth-order valence-corrected chi connectivity index (χ4v) is 3.06. The Hall–Kier alpha value is -5.18. The zero-order valence-electron chi connectivity index (χ0n) is 20.2. The Morgan fingerprint density at radius 1 is 0.605 bits per heavy atom. The van der Waals surface area contributed by atoms with Gasteiger partial charge in [-0.2, -0.15) is 0 Å². The SMILES string of the molecule is C=CC(=O)Oc1cc(OCCOc2ccc(-c3ccc(OC(=O)C=C)cc3F)cc2)cc(OC(=O)C=C)c1. The van der Waals surface area contributed by atoms with Crippen molar-refractivity contribution in [3.8, 4) is 39.9 Å². The molecule has 194 valence electrons. The van der Waals surface area contributed by atoms with Crippen LogP contribution in [-0.2, 0) is 14.4 Å². The summed E-state index contributed by atoms with van der Waals surface area (Å²) in [5, 5.41) is 0. The highest BCUT2D eigenvalue weighted by molar-refractivity contribution is 5.85. The van der Waals surface area contributed by atoms with Gasteiger partial charge in [0, 0.05) is 48.1 Å². The molecule has 0 bridgehead atoms. The largest absolute Gasteiger partial charge is 0.490 e. The van der Waals surface area contributed by atoms with Gasteiger partial charge in [-0.05, 0) is 29.8 Å². The van der Waals surface area contributed by atoms with E-state index >= 15 is 0 Å². The summed E-state index contributed by atoms with van der Waals surface area (Å²) in [6, 6.07) is 15.0. The maximum Gasteiger partial charge on any atom is 0.335 e. The van der Waals surface area contributed by atoms with Crippen LogP contribution in [0.2, 0.25) is 0 Å². The Morgan fingerprint density at radius 2 is 1.05 bits per heavy atom. The molecule has 0 fully saturated rings. The highest BCUT2D eigenvalue weighted by Gasteiger charge is 2.11. The number of carbonyl (C=O) groups excluding carboxylic acids is 3. The van der Waals surface area contributed by atoms with E-state index in [1.807, 2.05) is 0 Å². The van der Waals surface area contributed by atoms with Crippen LogP contribution < -0.4 is 23.7 Å². The topological polar surface area (TPSA) is 97.4 Å². The van der Waals surface area contributed by atoms with E-state index in [-0.39, 0.29) is 36.2 Å². The summed E-state index contributed by atoms with van der Waals surface area (Å²) in [6.45, 7) is 10.2. The molecule has 0 aliphatic rings. The molecular formula is C29H23FO8. The third-order valence-electron chi connectivity index (χ3n) is 4.74. The lowest BCUT2D eigenvalue weighted by atomic mass is 10.0. The van der Waals surface area contributed by atoms with Crippen LogP contribution in [0.15, 0.2) is 98.6 Å². The Bertz CT molecular complexity index is 1320. The van der Waals surface area contributed by atoms with Crippen LogP contribution in [0.3, 0.4) is 0 Å².